The van der Waals surface area contributed by atoms with Gasteiger partial charge in [-0.2, -0.15) is 0 Å². The fraction of sp³-hybridized carbons (Fsp3) is 0.455. The summed E-state index contributed by atoms with van der Waals surface area (Å²) in [5.74, 6) is 0.182. The predicted octanol–water partition coefficient (Wildman–Crippen LogP) is 1.63. The lowest BCUT2D eigenvalue weighted by atomic mass is 9.55. The standard InChI is InChI=1S/C11H11NO5S/c13-8-1-2-9(12(14)15)10(3-8)18(16,17)11-4-7(5-11)6-11/h1-3,7,13H,4-6H2. The van der Waals surface area contributed by atoms with Crippen molar-refractivity contribution in [3.05, 3.63) is 28.3 Å². The number of phenols is 1. The maximum absolute atomic E-state index is 12.4. The number of nitro groups is 1. The van der Waals surface area contributed by atoms with E-state index in [-0.39, 0.29) is 10.6 Å². The monoisotopic (exact) mass is 269 g/mol. The molecular formula is C11H11NO5S. The Labute approximate surface area is 103 Å². The van der Waals surface area contributed by atoms with E-state index >= 15 is 0 Å². The lowest BCUT2D eigenvalue weighted by Gasteiger charge is -2.60. The smallest absolute Gasteiger partial charge is 0.288 e. The van der Waals surface area contributed by atoms with Crippen molar-refractivity contribution in [3.63, 3.8) is 0 Å². The Kier molecular flexibility index (Phi) is 2.05. The quantitative estimate of drug-likeness (QED) is 0.664. The first-order valence-corrected chi connectivity index (χ1v) is 7.06. The summed E-state index contributed by atoms with van der Waals surface area (Å²) in [6.45, 7) is 0. The Morgan fingerprint density at radius 2 is 1.94 bits per heavy atom. The van der Waals surface area contributed by atoms with Crippen LogP contribution in [0.15, 0.2) is 23.1 Å². The summed E-state index contributed by atoms with van der Waals surface area (Å²) in [6.07, 6.45) is 1.76. The van der Waals surface area contributed by atoms with E-state index in [2.05, 4.69) is 0 Å². The van der Waals surface area contributed by atoms with Gasteiger partial charge in [0, 0.05) is 12.1 Å². The van der Waals surface area contributed by atoms with E-state index < -0.39 is 25.2 Å². The lowest BCUT2D eigenvalue weighted by molar-refractivity contribution is -0.387. The lowest BCUT2D eigenvalue weighted by Crippen LogP contribution is -2.62. The average molecular weight is 269 g/mol. The van der Waals surface area contributed by atoms with Crippen molar-refractivity contribution in [1.29, 1.82) is 0 Å². The Morgan fingerprint density at radius 1 is 1.33 bits per heavy atom. The van der Waals surface area contributed by atoms with Crippen LogP contribution >= 0.6 is 0 Å². The summed E-state index contributed by atoms with van der Waals surface area (Å²) < 4.78 is 24.1. The van der Waals surface area contributed by atoms with Gasteiger partial charge in [-0.3, -0.25) is 10.1 Å². The van der Waals surface area contributed by atoms with Gasteiger partial charge in [-0.25, -0.2) is 8.42 Å². The highest BCUT2D eigenvalue weighted by Gasteiger charge is 2.65. The van der Waals surface area contributed by atoms with E-state index in [1.165, 1.54) is 0 Å². The van der Waals surface area contributed by atoms with Crippen LogP contribution < -0.4 is 0 Å². The van der Waals surface area contributed by atoms with Crippen LogP contribution in [-0.2, 0) is 9.84 Å². The molecule has 6 nitrogen and oxygen atoms in total. The van der Waals surface area contributed by atoms with Gasteiger partial charge in [0.15, 0.2) is 9.84 Å². The molecule has 3 aliphatic carbocycles. The van der Waals surface area contributed by atoms with E-state index in [0.29, 0.717) is 25.2 Å². The second-order valence-corrected chi connectivity index (χ2v) is 7.39. The molecule has 1 aromatic rings. The summed E-state index contributed by atoms with van der Waals surface area (Å²) in [5.41, 5.74) is -0.461. The summed E-state index contributed by atoms with van der Waals surface area (Å²) in [6, 6.07) is 3.14. The Hall–Kier alpha value is -1.63. The van der Waals surface area contributed by atoms with Crippen LogP contribution in [0.3, 0.4) is 0 Å². The maximum Gasteiger partial charge on any atom is 0.288 e. The SMILES string of the molecule is O=[N+]([O-])c1ccc(O)cc1S(=O)(=O)C12CC(C1)C2. The molecule has 7 heteroatoms. The first-order valence-electron chi connectivity index (χ1n) is 5.58. The van der Waals surface area contributed by atoms with Gasteiger partial charge in [-0.1, -0.05) is 0 Å². The highest BCUT2D eigenvalue weighted by molar-refractivity contribution is 7.93. The molecule has 0 saturated heterocycles. The van der Waals surface area contributed by atoms with Gasteiger partial charge < -0.3 is 5.11 Å². The van der Waals surface area contributed by atoms with Crippen molar-refractivity contribution in [2.45, 2.75) is 28.9 Å². The third kappa shape index (κ3) is 1.25. The summed E-state index contributed by atoms with van der Waals surface area (Å²) in [7, 11) is -3.74. The van der Waals surface area contributed by atoms with E-state index in [1.807, 2.05) is 0 Å². The third-order valence-electron chi connectivity index (χ3n) is 3.98. The second kappa shape index (κ2) is 3.23. The molecule has 3 aliphatic rings. The molecule has 0 amide bonds. The van der Waals surface area contributed by atoms with Crippen LogP contribution in [-0.4, -0.2) is 23.2 Å². The van der Waals surface area contributed by atoms with Crippen LogP contribution in [0.25, 0.3) is 0 Å². The summed E-state index contributed by atoms with van der Waals surface area (Å²) in [4.78, 5) is 9.81. The molecule has 0 aliphatic heterocycles. The van der Waals surface area contributed by atoms with Crippen LogP contribution in [0.1, 0.15) is 19.3 Å². The highest BCUT2D eigenvalue weighted by Crippen LogP contribution is 2.63. The van der Waals surface area contributed by atoms with E-state index in [4.69, 9.17) is 0 Å². The molecule has 3 fully saturated rings. The minimum atomic E-state index is -3.74. The van der Waals surface area contributed by atoms with Crippen molar-refractivity contribution in [1.82, 2.24) is 0 Å². The minimum Gasteiger partial charge on any atom is -0.508 e. The Morgan fingerprint density at radius 3 is 2.39 bits per heavy atom. The molecule has 0 heterocycles. The van der Waals surface area contributed by atoms with Crippen molar-refractivity contribution in [2.75, 3.05) is 0 Å². The topological polar surface area (TPSA) is 97.5 Å². The molecule has 0 unspecified atom stereocenters. The zero-order valence-corrected chi connectivity index (χ0v) is 10.2. The molecule has 0 spiro atoms. The molecule has 1 aromatic carbocycles. The molecule has 0 atom stereocenters. The van der Waals surface area contributed by atoms with Gasteiger partial charge in [0.05, 0.1) is 9.67 Å². The van der Waals surface area contributed by atoms with Gasteiger partial charge in [-0.15, -0.1) is 0 Å². The number of benzene rings is 1. The molecule has 0 aromatic heterocycles. The Bertz CT molecular complexity index is 634. The maximum atomic E-state index is 12.4. The normalized spacial score (nSPS) is 29.2. The van der Waals surface area contributed by atoms with Gasteiger partial charge in [0.1, 0.15) is 10.6 Å². The third-order valence-corrected chi connectivity index (χ3v) is 6.53. The first-order chi connectivity index (χ1) is 8.36. The average Bonchev–Trinajstić information content (AvgIpc) is 2.11. The highest BCUT2D eigenvalue weighted by atomic mass is 32.2. The van der Waals surface area contributed by atoms with Crippen molar-refractivity contribution >= 4 is 15.5 Å². The van der Waals surface area contributed by atoms with Crippen LogP contribution in [0.4, 0.5) is 5.69 Å². The van der Waals surface area contributed by atoms with Gasteiger partial charge in [0.25, 0.3) is 5.69 Å². The molecule has 18 heavy (non-hydrogen) atoms. The number of nitrogens with zero attached hydrogens (tertiary/aromatic N) is 1. The number of hydrogen-bond donors (Lipinski definition) is 1. The van der Waals surface area contributed by atoms with Crippen molar-refractivity contribution in [3.8, 4) is 5.75 Å². The molecule has 4 rings (SSSR count). The first kappa shape index (κ1) is 11.5. The fourth-order valence-electron chi connectivity index (χ4n) is 2.83. The van der Waals surface area contributed by atoms with Gasteiger partial charge in [0.2, 0.25) is 0 Å². The van der Waals surface area contributed by atoms with Crippen molar-refractivity contribution in [2.24, 2.45) is 5.92 Å². The Balaban J connectivity index is 2.16. The number of sulfone groups is 1. The zero-order valence-electron chi connectivity index (χ0n) is 9.37. The second-order valence-electron chi connectivity index (χ2n) is 5.07. The van der Waals surface area contributed by atoms with Crippen LogP contribution in [0.2, 0.25) is 0 Å². The van der Waals surface area contributed by atoms with Gasteiger partial charge >= 0.3 is 0 Å². The number of rotatable bonds is 3. The largest absolute Gasteiger partial charge is 0.508 e. The zero-order chi connectivity index (χ0) is 13.1. The van der Waals surface area contributed by atoms with E-state index in [9.17, 15) is 23.6 Å². The van der Waals surface area contributed by atoms with Gasteiger partial charge in [-0.05, 0) is 31.2 Å². The molecule has 1 N–H and O–H groups in total. The number of phenolic OH excluding ortho intramolecular Hbond substituents is 1. The van der Waals surface area contributed by atoms with Crippen LogP contribution in [0.5, 0.6) is 5.75 Å². The number of aromatic hydroxyl groups is 1. The van der Waals surface area contributed by atoms with E-state index in [0.717, 1.165) is 18.2 Å². The number of hydrogen-bond acceptors (Lipinski definition) is 5. The fourth-order valence-corrected chi connectivity index (χ4v) is 5.36. The molecule has 0 radical (unpaired) electrons. The summed E-state index contributed by atoms with van der Waals surface area (Å²) in [5, 5.41) is 20.3. The van der Waals surface area contributed by atoms with E-state index in [1.54, 1.807) is 0 Å². The predicted molar refractivity (Wildman–Crippen MR) is 62.0 cm³/mol. The molecule has 96 valence electrons. The molecular weight excluding hydrogens is 258 g/mol. The van der Waals surface area contributed by atoms with Crippen LogP contribution in [0, 0.1) is 16.0 Å². The molecule has 2 bridgehead atoms. The minimum absolute atomic E-state index is 0.272. The molecule has 3 saturated carbocycles. The number of nitro benzene ring substituents is 1. The van der Waals surface area contributed by atoms with Crippen molar-refractivity contribution < 1.29 is 18.4 Å². The summed E-state index contributed by atoms with van der Waals surface area (Å²) >= 11 is 0.